The van der Waals surface area contributed by atoms with Gasteiger partial charge in [0.25, 0.3) is 0 Å². The van der Waals surface area contributed by atoms with Crippen LogP contribution in [0.25, 0.3) is 10.9 Å². The number of carbonyl (C=O) groups excluding carboxylic acids is 1. The molecule has 0 fully saturated rings. The monoisotopic (exact) mass is 390 g/mol. The summed E-state index contributed by atoms with van der Waals surface area (Å²) in [4.78, 5) is 16.8. The van der Waals surface area contributed by atoms with Gasteiger partial charge in [0.05, 0.1) is 35.1 Å². The van der Waals surface area contributed by atoms with E-state index in [4.69, 9.17) is 32.7 Å². The number of nitrogens with zero attached hydrogens (tertiary/aromatic N) is 1. The van der Waals surface area contributed by atoms with Gasteiger partial charge in [0.15, 0.2) is 0 Å². The highest BCUT2D eigenvalue weighted by Gasteiger charge is 2.20. The van der Waals surface area contributed by atoms with Gasteiger partial charge in [-0.15, -0.1) is 0 Å². The maximum absolute atomic E-state index is 12.4. The summed E-state index contributed by atoms with van der Waals surface area (Å²) in [7, 11) is 1.56. The van der Waals surface area contributed by atoms with E-state index in [0.29, 0.717) is 38.1 Å². The summed E-state index contributed by atoms with van der Waals surface area (Å²) in [6.45, 7) is 1.99. The zero-order valence-corrected chi connectivity index (χ0v) is 15.7. The molecule has 0 aliphatic heterocycles. The Morgan fingerprint density at radius 1 is 1.12 bits per heavy atom. The van der Waals surface area contributed by atoms with Crippen molar-refractivity contribution in [2.24, 2.45) is 0 Å². The summed E-state index contributed by atoms with van der Waals surface area (Å²) in [5.74, 6) is 0.0987. The van der Waals surface area contributed by atoms with Gasteiger partial charge in [-0.3, -0.25) is 4.98 Å². The van der Waals surface area contributed by atoms with Gasteiger partial charge in [-0.05, 0) is 25.1 Å². The lowest BCUT2D eigenvalue weighted by molar-refractivity contribution is 0.0527. The fraction of sp³-hybridized carbons (Fsp3) is 0.158. The lowest BCUT2D eigenvalue weighted by Gasteiger charge is -2.16. The van der Waals surface area contributed by atoms with E-state index in [1.54, 1.807) is 38.3 Å². The van der Waals surface area contributed by atoms with Gasteiger partial charge in [-0.1, -0.05) is 41.4 Å². The Bertz CT molecular complexity index is 956. The van der Waals surface area contributed by atoms with Crippen molar-refractivity contribution in [2.75, 3.05) is 19.0 Å². The average Bonchev–Trinajstić information content (AvgIpc) is 2.64. The fourth-order valence-electron chi connectivity index (χ4n) is 2.60. The predicted molar refractivity (Wildman–Crippen MR) is 104 cm³/mol. The van der Waals surface area contributed by atoms with E-state index >= 15 is 0 Å². The number of para-hydroxylation sites is 2. The molecule has 5 nitrogen and oxygen atoms in total. The molecule has 1 N–H and O–H groups in total. The summed E-state index contributed by atoms with van der Waals surface area (Å²) in [6.07, 6.45) is 1.45. The van der Waals surface area contributed by atoms with Crippen LogP contribution in [-0.2, 0) is 4.74 Å². The molecule has 0 spiro atoms. The second-order valence-electron chi connectivity index (χ2n) is 5.35. The Kier molecular flexibility index (Phi) is 5.49. The molecule has 1 heterocycles. The van der Waals surface area contributed by atoms with Crippen molar-refractivity contribution in [3.8, 4) is 5.75 Å². The summed E-state index contributed by atoms with van der Waals surface area (Å²) < 4.78 is 10.5. The van der Waals surface area contributed by atoms with Gasteiger partial charge < -0.3 is 14.8 Å². The lowest BCUT2D eigenvalue weighted by Crippen LogP contribution is -2.09. The van der Waals surface area contributed by atoms with Crippen LogP contribution in [0.1, 0.15) is 17.3 Å². The molecule has 7 heteroatoms. The van der Waals surface area contributed by atoms with Crippen LogP contribution in [0.4, 0.5) is 11.4 Å². The first kappa shape index (κ1) is 18.3. The number of nitrogens with one attached hydrogen (secondary N) is 1. The maximum Gasteiger partial charge on any atom is 0.341 e. The first-order valence-corrected chi connectivity index (χ1v) is 8.66. The third kappa shape index (κ3) is 3.41. The second-order valence-corrected chi connectivity index (χ2v) is 6.16. The van der Waals surface area contributed by atoms with Crippen LogP contribution in [0, 0.1) is 0 Å². The zero-order valence-electron chi connectivity index (χ0n) is 14.2. The van der Waals surface area contributed by atoms with Crippen LogP contribution in [-0.4, -0.2) is 24.7 Å². The number of esters is 1. The molecule has 0 radical (unpaired) electrons. The molecule has 1 aromatic heterocycles. The van der Waals surface area contributed by atoms with E-state index < -0.39 is 5.97 Å². The molecule has 0 bridgehead atoms. The largest absolute Gasteiger partial charge is 0.494 e. The van der Waals surface area contributed by atoms with E-state index in [9.17, 15) is 4.79 Å². The van der Waals surface area contributed by atoms with Gasteiger partial charge in [0.2, 0.25) is 0 Å². The number of anilines is 2. The summed E-state index contributed by atoms with van der Waals surface area (Å²) in [6, 6.07) is 10.6. The minimum absolute atomic E-state index is 0.251. The Labute approximate surface area is 160 Å². The van der Waals surface area contributed by atoms with Gasteiger partial charge in [-0.2, -0.15) is 0 Å². The molecular formula is C19H16Cl2N2O3. The number of aromatic nitrogens is 1. The third-order valence-corrected chi connectivity index (χ3v) is 4.42. The maximum atomic E-state index is 12.4. The highest BCUT2D eigenvalue weighted by atomic mass is 35.5. The van der Waals surface area contributed by atoms with Crippen molar-refractivity contribution >= 4 is 51.4 Å². The molecule has 0 saturated heterocycles. The normalized spacial score (nSPS) is 10.6. The molecule has 0 amide bonds. The minimum atomic E-state index is -0.490. The second kappa shape index (κ2) is 7.81. The number of pyridine rings is 1. The lowest BCUT2D eigenvalue weighted by atomic mass is 10.1. The standard InChI is InChI=1S/C19H16Cl2N2O3/c1-3-26-19(24)12-10-22-17-11(6-4-9-15(17)25-2)16(12)23-18-13(20)7-5-8-14(18)21/h4-10H,3H2,1-2H3,(H,22,23). The molecular weight excluding hydrogens is 375 g/mol. The molecule has 0 unspecified atom stereocenters. The number of carbonyl (C=O) groups is 1. The molecule has 2 aromatic carbocycles. The highest BCUT2D eigenvalue weighted by Crippen LogP contribution is 2.38. The van der Waals surface area contributed by atoms with E-state index in [0.717, 1.165) is 0 Å². The van der Waals surface area contributed by atoms with E-state index in [1.807, 2.05) is 12.1 Å². The number of fused-ring (bicyclic) bond motifs is 1. The fourth-order valence-corrected chi connectivity index (χ4v) is 3.09. The van der Waals surface area contributed by atoms with Crippen molar-refractivity contribution < 1.29 is 14.3 Å². The number of hydrogen-bond donors (Lipinski definition) is 1. The number of ether oxygens (including phenoxy) is 2. The van der Waals surface area contributed by atoms with Crippen molar-refractivity contribution in [2.45, 2.75) is 6.92 Å². The van der Waals surface area contributed by atoms with Gasteiger partial charge in [-0.25, -0.2) is 4.79 Å². The van der Waals surface area contributed by atoms with Gasteiger partial charge in [0, 0.05) is 11.6 Å². The summed E-state index contributed by atoms with van der Waals surface area (Å²) in [5.41, 5.74) is 1.89. The van der Waals surface area contributed by atoms with Crippen LogP contribution in [0.15, 0.2) is 42.6 Å². The first-order chi connectivity index (χ1) is 12.6. The van der Waals surface area contributed by atoms with Crippen LogP contribution >= 0.6 is 23.2 Å². The smallest absolute Gasteiger partial charge is 0.341 e. The van der Waals surface area contributed by atoms with Crippen molar-refractivity contribution in [3.05, 3.63) is 58.2 Å². The highest BCUT2D eigenvalue weighted by molar-refractivity contribution is 6.39. The van der Waals surface area contributed by atoms with Crippen molar-refractivity contribution in [1.29, 1.82) is 0 Å². The van der Waals surface area contributed by atoms with Gasteiger partial charge >= 0.3 is 5.97 Å². The minimum Gasteiger partial charge on any atom is -0.494 e. The van der Waals surface area contributed by atoms with Crippen molar-refractivity contribution in [3.63, 3.8) is 0 Å². The molecule has 0 aliphatic rings. The van der Waals surface area contributed by atoms with Crippen LogP contribution in [0.3, 0.4) is 0 Å². The molecule has 3 rings (SSSR count). The predicted octanol–water partition coefficient (Wildman–Crippen LogP) is 5.47. The van der Waals surface area contributed by atoms with Crippen LogP contribution < -0.4 is 10.1 Å². The summed E-state index contributed by atoms with van der Waals surface area (Å²) >= 11 is 12.6. The molecule has 0 aliphatic carbocycles. The number of hydrogen-bond acceptors (Lipinski definition) is 5. The van der Waals surface area contributed by atoms with Gasteiger partial charge in [0.1, 0.15) is 16.8 Å². The number of rotatable bonds is 5. The Morgan fingerprint density at radius 2 is 1.81 bits per heavy atom. The molecule has 26 heavy (non-hydrogen) atoms. The zero-order chi connectivity index (χ0) is 18.7. The topological polar surface area (TPSA) is 60.5 Å². The Morgan fingerprint density at radius 3 is 2.46 bits per heavy atom. The van der Waals surface area contributed by atoms with Crippen LogP contribution in [0.5, 0.6) is 5.75 Å². The van der Waals surface area contributed by atoms with E-state index in [1.165, 1.54) is 6.20 Å². The molecule has 134 valence electrons. The molecule has 0 saturated carbocycles. The Hall–Kier alpha value is -2.50. The number of benzene rings is 2. The molecule has 0 atom stereocenters. The molecule has 3 aromatic rings. The summed E-state index contributed by atoms with van der Waals surface area (Å²) in [5, 5.41) is 4.73. The SMILES string of the molecule is CCOC(=O)c1cnc2c(OC)cccc2c1Nc1c(Cl)cccc1Cl. The van der Waals surface area contributed by atoms with E-state index in [2.05, 4.69) is 10.3 Å². The number of halogens is 2. The van der Waals surface area contributed by atoms with Crippen molar-refractivity contribution in [1.82, 2.24) is 4.98 Å². The third-order valence-electron chi connectivity index (χ3n) is 3.79. The average molecular weight is 391 g/mol. The number of methoxy groups -OCH3 is 1. The Balaban J connectivity index is 2.25. The quantitative estimate of drug-likeness (QED) is 0.585. The van der Waals surface area contributed by atoms with E-state index in [-0.39, 0.29) is 12.2 Å². The first-order valence-electron chi connectivity index (χ1n) is 7.90. The van der Waals surface area contributed by atoms with Crippen LogP contribution in [0.2, 0.25) is 10.0 Å².